The molecule has 85 valence electrons. The minimum Gasteiger partial charge on any atom is -0.479 e. The van der Waals surface area contributed by atoms with Crippen LogP contribution in [0, 0.1) is 6.61 Å². The molecule has 0 aliphatic carbocycles. The number of carboxylic acids is 1. The van der Waals surface area contributed by atoms with Gasteiger partial charge in [0, 0.05) is 0 Å². The quantitative estimate of drug-likeness (QED) is 0.545. The topological polar surface area (TPSA) is 104 Å². The van der Waals surface area contributed by atoms with Crippen molar-refractivity contribution < 1.29 is 29.6 Å². The highest BCUT2D eigenvalue weighted by Crippen LogP contribution is 2.38. The number of aliphatic hydroxyl groups is 2. The molecule has 0 aromatic carbocycles. The van der Waals surface area contributed by atoms with Gasteiger partial charge in [0.25, 0.3) is 0 Å². The third-order valence-electron chi connectivity index (χ3n) is 2.52. The van der Waals surface area contributed by atoms with Crippen LogP contribution in [-0.2, 0) is 14.3 Å². The minimum absolute atomic E-state index is 0.151. The number of rotatable bonds is 4. The summed E-state index contributed by atoms with van der Waals surface area (Å²) in [7, 11) is 0. The van der Waals surface area contributed by atoms with Gasteiger partial charge in [0.15, 0.2) is 6.61 Å². The summed E-state index contributed by atoms with van der Waals surface area (Å²) in [6, 6.07) is 0. The first-order chi connectivity index (χ1) is 6.88. The van der Waals surface area contributed by atoms with Crippen LogP contribution in [0.3, 0.4) is 0 Å². The highest BCUT2D eigenvalue weighted by Gasteiger charge is 2.66. The number of aliphatic carboxylic acids is 1. The number of carbonyl (C=O) groups excluding carboxylic acids is 1. The molecule has 1 saturated heterocycles. The highest BCUT2D eigenvalue weighted by molar-refractivity contribution is 5.96. The van der Waals surface area contributed by atoms with Gasteiger partial charge >= 0.3 is 11.9 Å². The van der Waals surface area contributed by atoms with Gasteiger partial charge < -0.3 is 20.1 Å². The molecule has 6 heteroatoms. The van der Waals surface area contributed by atoms with Crippen molar-refractivity contribution in [2.75, 3.05) is 0 Å². The number of hydrogen-bond donors (Lipinski definition) is 3. The second-order valence-corrected chi connectivity index (χ2v) is 3.56. The lowest BCUT2D eigenvalue weighted by Crippen LogP contribution is -2.58. The fourth-order valence-corrected chi connectivity index (χ4v) is 1.44. The van der Waals surface area contributed by atoms with Crippen LogP contribution in [0.2, 0.25) is 0 Å². The fourth-order valence-electron chi connectivity index (χ4n) is 1.44. The smallest absolute Gasteiger partial charge is 0.343 e. The lowest BCUT2D eigenvalue weighted by Gasteiger charge is -2.28. The molecule has 0 unspecified atom stereocenters. The summed E-state index contributed by atoms with van der Waals surface area (Å²) in [5.74, 6) is -2.83. The Labute approximate surface area is 86.5 Å². The number of unbranched alkanes of at least 4 members (excludes halogenated alkanes) is 1. The van der Waals surface area contributed by atoms with Crippen LogP contribution in [0.1, 0.15) is 26.2 Å². The van der Waals surface area contributed by atoms with E-state index in [1.807, 2.05) is 6.92 Å². The summed E-state index contributed by atoms with van der Waals surface area (Å²) in [4.78, 5) is 22.0. The minimum atomic E-state index is -2.65. The average molecular weight is 217 g/mol. The van der Waals surface area contributed by atoms with Crippen LogP contribution in [0.4, 0.5) is 0 Å². The number of carboxylic acid groups (broad SMARTS) is 1. The number of hydrogen-bond acceptors (Lipinski definition) is 5. The van der Waals surface area contributed by atoms with Gasteiger partial charge in [0.2, 0.25) is 11.2 Å². The zero-order chi connectivity index (χ0) is 11.7. The summed E-state index contributed by atoms with van der Waals surface area (Å²) in [5.41, 5.74) is -5.03. The predicted molar refractivity (Wildman–Crippen MR) is 47.5 cm³/mol. The standard InChI is InChI=1S/C9H13O6/c1-2-3-4-8(13)7(12)15-5-9(8,14)6(10)11/h5,13-14H,2-4H2,1H3,(H,10,11)/t8-,9+/m0/s1. The summed E-state index contributed by atoms with van der Waals surface area (Å²) in [6.07, 6.45) is 0.919. The van der Waals surface area contributed by atoms with E-state index in [4.69, 9.17) is 5.11 Å². The Balaban J connectivity index is 2.98. The molecule has 0 aromatic rings. The lowest BCUT2D eigenvalue weighted by molar-refractivity contribution is -0.183. The molecule has 2 atom stereocenters. The Morgan fingerprint density at radius 2 is 2.13 bits per heavy atom. The van der Waals surface area contributed by atoms with Crippen molar-refractivity contribution in [1.29, 1.82) is 0 Å². The number of esters is 1. The molecule has 1 radical (unpaired) electrons. The van der Waals surface area contributed by atoms with Crippen LogP contribution in [0.25, 0.3) is 0 Å². The van der Waals surface area contributed by atoms with E-state index >= 15 is 0 Å². The molecule has 1 heterocycles. The summed E-state index contributed by atoms with van der Waals surface area (Å²) in [6.45, 7) is 2.28. The zero-order valence-electron chi connectivity index (χ0n) is 8.27. The van der Waals surface area contributed by atoms with E-state index in [0.717, 1.165) is 0 Å². The second-order valence-electron chi connectivity index (χ2n) is 3.56. The SMILES string of the molecule is CCCC[C@]1(O)C(=O)O[CH][C@@]1(O)C(=O)O. The van der Waals surface area contributed by atoms with Crippen molar-refractivity contribution in [2.24, 2.45) is 0 Å². The summed E-state index contributed by atoms with van der Waals surface area (Å²) >= 11 is 0. The Morgan fingerprint density at radius 1 is 1.53 bits per heavy atom. The molecular formula is C9H13O6. The molecule has 0 amide bonds. The van der Waals surface area contributed by atoms with Crippen molar-refractivity contribution in [3.8, 4) is 0 Å². The third-order valence-corrected chi connectivity index (χ3v) is 2.52. The first kappa shape index (κ1) is 11.9. The van der Waals surface area contributed by atoms with Crippen molar-refractivity contribution in [3.63, 3.8) is 0 Å². The molecule has 0 spiro atoms. The van der Waals surface area contributed by atoms with Gasteiger partial charge in [-0.3, -0.25) is 0 Å². The summed E-state index contributed by atoms with van der Waals surface area (Å²) < 4.78 is 4.30. The van der Waals surface area contributed by atoms with E-state index < -0.39 is 23.1 Å². The van der Waals surface area contributed by atoms with Crippen LogP contribution >= 0.6 is 0 Å². The largest absolute Gasteiger partial charge is 0.479 e. The Morgan fingerprint density at radius 3 is 2.60 bits per heavy atom. The van der Waals surface area contributed by atoms with E-state index in [1.165, 1.54) is 0 Å². The lowest BCUT2D eigenvalue weighted by atomic mass is 9.81. The van der Waals surface area contributed by atoms with E-state index in [2.05, 4.69) is 4.74 Å². The zero-order valence-corrected chi connectivity index (χ0v) is 8.27. The van der Waals surface area contributed by atoms with Gasteiger partial charge in [-0.15, -0.1) is 0 Å². The summed E-state index contributed by atoms with van der Waals surface area (Å²) in [5, 5.41) is 28.2. The molecule has 1 aliphatic heterocycles. The maximum atomic E-state index is 11.2. The Kier molecular flexibility index (Phi) is 3.01. The highest BCUT2D eigenvalue weighted by atomic mass is 16.6. The first-order valence-corrected chi connectivity index (χ1v) is 4.62. The Bertz CT molecular complexity index is 288. The molecule has 3 N–H and O–H groups in total. The maximum absolute atomic E-state index is 11.2. The molecule has 1 fully saturated rings. The normalized spacial score (nSPS) is 35.3. The second kappa shape index (κ2) is 3.79. The maximum Gasteiger partial charge on any atom is 0.343 e. The monoisotopic (exact) mass is 217 g/mol. The van der Waals surface area contributed by atoms with Crippen LogP contribution in [-0.4, -0.2) is 38.5 Å². The van der Waals surface area contributed by atoms with Gasteiger partial charge in [-0.2, -0.15) is 0 Å². The molecule has 15 heavy (non-hydrogen) atoms. The van der Waals surface area contributed by atoms with Crippen molar-refractivity contribution in [3.05, 3.63) is 6.61 Å². The average Bonchev–Trinajstić information content (AvgIpc) is 2.42. The third kappa shape index (κ3) is 1.59. The molecular weight excluding hydrogens is 204 g/mol. The first-order valence-electron chi connectivity index (χ1n) is 4.62. The number of ether oxygens (including phenoxy) is 1. The predicted octanol–water partition coefficient (Wildman–Crippen LogP) is -0.558. The number of cyclic esters (lactones) is 1. The van der Waals surface area contributed by atoms with Gasteiger partial charge in [-0.1, -0.05) is 19.8 Å². The van der Waals surface area contributed by atoms with Gasteiger partial charge in [0.1, 0.15) is 0 Å². The van der Waals surface area contributed by atoms with E-state index in [0.29, 0.717) is 19.4 Å². The van der Waals surface area contributed by atoms with Gasteiger partial charge in [-0.05, 0) is 6.42 Å². The molecule has 1 aliphatic rings. The van der Waals surface area contributed by atoms with Crippen LogP contribution in [0.5, 0.6) is 0 Å². The Hall–Kier alpha value is -1.14. The van der Waals surface area contributed by atoms with E-state index in [9.17, 15) is 19.8 Å². The van der Waals surface area contributed by atoms with Crippen molar-refractivity contribution >= 4 is 11.9 Å². The fraction of sp³-hybridized carbons (Fsp3) is 0.667. The van der Waals surface area contributed by atoms with Gasteiger partial charge in [-0.25, -0.2) is 9.59 Å². The van der Waals surface area contributed by atoms with E-state index in [1.54, 1.807) is 0 Å². The number of carbonyl (C=O) groups is 2. The molecule has 0 saturated carbocycles. The molecule has 0 aromatic heterocycles. The molecule has 1 rings (SSSR count). The molecule has 6 nitrogen and oxygen atoms in total. The van der Waals surface area contributed by atoms with Crippen molar-refractivity contribution in [2.45, 2.75) is 37.4 Å². The van der Waals surface area contributed by atoms with E-state index in [-0.39, 0.29) is 6.42 Å². The van der Waals surface area contributed by atoms with Crippen molar-refractivity contribution in [1.82, 2.24) is 0 Å². The van der Waals surface area contributed by atoms with Crippen LogP contribution in [0.15, 0.2) is 0 Å². The van der Waals surface area contributed by atoms with Crippen LogP contribution < -0.4 is 0 Å². The molecule has 0 bridgehead atoms. The van der Waals surface area contributed by atoms with Gasteiger partial charge in [0.05, 0.1) is 0 Å².